The van der Waals surface area contributed by atoms with E-state index >= 15 is 0 Å². The number of hydrogen-bond acceptors (Lipinski definition) is 4. The molecular weight excluding hydrogens is 240 g/mol. The van der Waals surface area contributed by atoms with E-state index in [4.69, 9.17) is 22.3 Å². The summed E-state index contributed by atoms with van der Waals surface area (Å²) in [5.41, 5.74) is 1.19. The van der Waals surface area contributed by atoms with Gasteiger partial charge in [-0.15, -0.1) is 0 Å². The number of anilines is 2. The lowest BCUT2D eigenvalue weighted by molar-refractivity contribution is 0.336. The maximum Gasteiger partial charge on any atom is 0.171 e. The summed E-state index contributed by atoms with van der Waals surface area (Å²) in [5, 5.41) is 13.2. The normalized spacial score (nSPS) is 10.0. The first-order valence-electron chi connectivity index (χ1n) is 4.92. The summed E-state index contributed by atoms with van der Waals surface area (Å²) < 4.78 is 0. The summed E-state index contributed by atoms with van der Waals surface area (Å²) in [7, 11) is 0. The molecular formula is C12H11ClN2O2. The van der Waals surface area contributed by atoms with Crippen LogP contribution in [0.25, 0.3) is 0 Å². The summed E-state index contributed by atoms with van der Waals surface area (Å²) in [4.78, 5) is 4.71. The Morgan fingerprint density at radius 3 is 2.59 bits per heavy atom. The summed E-state index contributed by atoms with van der Waals surface area (Å²) in [6, 6.07) is 11.9. The number of para-hydroxylation sites is 2. The summed E-state index contributed by atoms with van der Waals surface area (Å²) in [5.74, 6) is 5.70. The van der Waals surface area contributed by atoms with E-state index in [-0.39, 0.29) is 5.75 Å². The van der Waals surface area contributed by atoms with Crippen LogP contribution in [-0.4, -0.2) is 5.11 Å². The van der Waals surface area contributed by atoms with Gasteiger partial charge in [-0.3, -0.25) is 0 Å². The van der Waals surface area contributed by atoms with Crippen LogP contribution in [0, 0.1) is 0 Å². The first-order valence-corrected chi connectivity index (χ1v) is 5.30. The molecule has 4 nitrogen and oxygen atoms in total. The number of nitrogens with one attached hydrogen (secondary N) is 1. The minimum absolute atomic E-state index is 0.144. The predicted octanol–water partition coefficient (Wildman–Crippen LogP) is 3.04. The van der Waals surface area contributed by atoms with Crippen LogP contribution in [0.1, 0.15) is 0 Å². The molecule has 0 aliphatic carbocycles. The third kappa shape index (κ3) is 2.61. The fourth-order valence-corrected chi connectivity index (χ4v) is 1.58. The van der Waals surface area contributed by atoms with Crippen molar-refractivity contribution >= 4 is 23.0 Å². The van der Waals surface area contributed by atoms with Crippen molar-refractivity contribution in [2.75, 3.05) is 5.32 Å². The van der Waals surface area contributed by atoms with E-state index < -0.39 is 0 Å². The molecule has 2 aromatic carbocycles. The molecule has 4 N–H and O–H groups in total. The number of hydrogen-bond donors (Lipinski definition) is 3. The van der Waals surface area contributed by atoms with Crippen LogP contribution in [0.2, 0.25) is 5.02 Å². The van der Waals surface area contributed by atoms with Crippen LogP contribution >= 0.6 is 11.6 Å². The molecule has 0 atom stereocenters. The topological polar surface area (TPSA) is 67.5 Å². The van der Waals surface area contributed by atoms with Crippen LogP contribution in [0.5, 0.6) is 11.5 Å². The smallest absolute Gasteiger partial charge is 0.171 e. The van der Waals surface area contributed by atoms with Gasteiger partial charge >= 0.3 is 0 Å². The number of phenolic OH excluding ortho intramolecular Hbond substituents is 1. The van der Waals surface area contributed by atoms with Crippen LogP contribution < -0.4 is 16.1 Å². The Morgan fingerprint density at radius 1 is 1.12 bits per heavy atom. The van der Waals surface area contributed by atoms with Gasteiger partial charge in [-0.05, 0) is 24.3 Å². The number of phenols is 1. The lowest BCUT2D eigenvalue weighted by Gasteiger charge is -2.11. The molecule has 0 aliphatic heterocycles. The van der Waals surface area contributed by atoms with Crippen molar-refractivity contribution in [3.63, 3.8) is 0 Å². The van der Waals surface area contributed by atoms with Gasteiger partial charge in [0.25, 0.3) is 0 Å². The molecule has 0 saturated carbocycles. The van der Waals surface area contributed by atoms with Gasteiger partial charge in [0.05, 0.1) is 11.4 Å². The predicted molar refractivity (Wildman–Crippen MR) is 67.7 cm³/mol. The number of aromatic hydroxyl groups is 1. The average Bonchev–Trinajstić information content (AvgIpc) is 2.34. The van der Waals surface area contributed by atoms with Crippen molar-refractivity contribution < 1.29 is 9.94 Å². The van der Waals surface area contributed by atoms with Crippen LogP contribution in [0.15, 0.2) is 42.5 Å². The number of rotatable bonds is 3. The van der Waals surface area contributed by atoms with Crippen molar-refractivity contribution in [2.45, 2.75) is 0 Å². The largest absolute Gasteiger partial charge is 0.506 e. The third-order valence-corrected chi connectivity index (χ3v) is 2.48. The van der Waals surface area contributed by atoms with Crippen molar-refractivity contribution in [2.24, 2.45) is 5.90 Å². The Balaban J connectivity index is 2.33. The highest BCUT2D eigenvalue weighted by molar-refractivity contribution is 6.30. The van der Waals surface area contributed by atoms with Crippen molar-refractivity contribution in [3.05, 3.63) is 47.5 Å². The van der Waals surface area contributed by atoms with E-state index in [1.807, 2.05) is 0 Å². The molecule has 17 heavy (non-hydrogen) atoms. The van der Waals surface area contributed by atoms with Crippen molar-refractivity contribution in [3.8, 4) is 11.5 Å². The Hall–Kier alpha value is -1.91. The van der Waals surface area contributed by atoms with E-state index in [0.717, 1.165) is 0 Å². The number of nitrogens with two attached hydrogens (primary N) is 1. The molecule has 0 fully saturated rings. The number of halogens is 1. The Kier molecular flexibility index (Phi) is 3.37. The first kappa shape index (κ1) is 11.6. The molecule has 0 aliphatic rings. The molecule has 0 bridgehead atoms. The monoisotopic (exact) mass is 250 g/mol. The fourth-order valence-electron chi connectivity index (χ4n) is 1.42. The molecule has 0 spiro atoms. The van der Waals surface area contributed by atoms with Crippen molar-refractivity contribution in [1.82, 2.24) is 0 Å². The van der Waals surface area contributed by atoms with Gasteiger partial charge in [-0.1, -0.05) is 23.7 Å². The highest BCUT2D eigenvalue weighted by Crippen LogP contribution is 2.32. The molecule has 0 saturated heterocycles. The second-order valence-electron chi connectivity index (χ2n) is 3.40. The van der Waals surface area contributed by atoms with Gasteiger partial charge in [-0.2, -0.15) is 5.90 Å². The van der Waals surface area contributed by atoms with Crippen LogP contribution in [-0.2, 0) is 0 Å². The highest BCUT2D eigenvalue weighted by Gasteiger charge is 2.06. The van der Waals surface area contributed by atoms with Gasteiger partial charge in [-0.25, -0.2) is 0 Å². The molecule has 2 aromatic rings. The van der Waals surface area contributed by atoms with Gasteiger partial charge in [0.1, 0.15) is 5.75 Å². The zero-order chi connectivity index (χ0) is 12.3. The molecule has 0 amide bonds. The summed E-state index contributed by atoms with van der Waals surface area (Å²) in [6.07, 6.45) is 0. The van der Waals surface area contributed by atoms with E-state index in [1.54, 1.807) is 42.5 Å². The molecule has 88 valence electrons. The molecule has 5 heteroatoms. The summed E-state index contributed by atoms with van der Waals surface area (Å²) >= 11 is 5.82. The zero-order valence-electron chi connectivity index (χ0n) is 8.85. The van der Waals surface area contributed by atoms with Gasteiger partial charge in [0.15, 0.2) is 5.75 Å². The fraction of sp³-hybridized carbons (Fsp3) is 0. The molecule has 0 aromatic heterocycles. The standard InChI is InChI=1S/C12H11ClN2O2/c13-8-5-6-10(12(7-8)17-14)15-9-3-1-2-4-11(9)16/h1-7,15-16H,14H2. The van der Waals surface area contributed by atoms with E-state index in [0.29, 0.717) is 22.1 Å². The highest BCUT2D eigenvalue weighted by atomic mass is 35.5. The van der Waals surface area contributed by atoms with E-state index in [9.17, 15) is 5.11 Å². The molecule has 0 radical (unpaired) electrons. The summed E-state index contributed by atoms with van der Waals surface area (Å²) in [6.45, 7) is 0. The van der Waals surface area contributed by atoms with E-state index in [1.165, 1.54) is 0 Å². The minimum Gasteiger partial charge on any atom is -0.506 e. The van der Waals surface area contributed by atoms with Crippen LogP contribution in [0.3, 0.4) is 0 Å². The van der Waals surface area contributed by atoms with Gasteiger partial charge in [0, 0.05) is 11.1 Å². The second kappa shape index (κ2) is 4.95. The lowest BCUT2D eigenvalue weighted by Crippen LogP contribution is -2.04. The maximum absolute atomic E-state index is 9.63. The molecule has 0 unspecified atom stereocenters. The molecule has 0 heterocycles. The van der Waals surface area contributed by atoms with Gasteiger partial charge < -0.3 is 15.3 Å². The zero-order valence-corrected chi connectivity index (χ0v) is 9.61. The second-order valence-corrected chi connectivity index (χ2v) is 3.84. The third-order valence-electron chi connectivity index (χ3n) is 2.24. The first-order chi connectivity index (χ1) is 8.20. The van der Waals surface area contributed by atoms with Crippen LogP contribution in [0.4, 0.5) is 11.4 Å². The minimum atomic E-state index is 0.144. The van der Waals surface area contributed by atoms with E-state index in [2.05, 4.69) is 5.32 Å². The Labute approximate surface area is 104 Å². The SMILES string of the molecule is NOc1cc(Cl)ccc1Nc1ccccc1O. The lowest BCUT2D eigenvalue weighted by atomic mass is 10.2. The molecule has 2 rings (SSSR count). The Bertz CT molecular complexity index is 532. The quantitative estimate of drug-likeness (QED) is 0.579. The maximum atomic E-state index is 9.63. The Morgan fingerprint density at radius 2 is 1.88 bits per heavy atom. The average molecular weight is 251 g/mol. The number of benzene rings is 2. The van der Waals surface area contributed by atoms with Crippen molar-refractivity contribution in [1.29, 1.82) is 0 Å². The van der Waals surface area contributed by atoms with Gasteiger partial charge in [0.2, 0.25) is 0 Å².